The Balaban J connectivity index is 2.11. The summed E-state index contributed by atoms with van der Waals surface area (Å²) < 4.78 is 0. The summed E-state index contributed by atoms with van der Waals surface area (Å²) in [6.07, 6.45) is 4.89. The van der Waals surface area contributed by atoms with Crippen LogP contribution in [0.1, 0.15) is 36.0 Å². The van der Waals surface area contributed by atoms with Gasteiger partial charge in [-0.05, 0) is 31.0 Å². The third kappa shape index (κ3) is 2.27. The van der Waals surface area contributed by atoms with E-state index in [9.17, 15) is 4.79 Å². The normalized spacial score (nSPS) is 16.2. The second-order valence-corrected chi connectivity index (χ2v) is 4.23. The fraction of sp³-hybridized carbons (Fsp3) is 0.417. The highest BCUT2D eigenvalue weighted by Crippen LogP contribution is 2.24. The lowest BCUT2D eigenvalue weighted by atomic mass is 10.1. The molecule has 0 atom stereocenters. The SMILES string of the molecule is Nc1cc(NC2CCCC2)ccc1C(=O)O. The zero-order valence-electron chi connectivity index (χ0n) is 9.07. The molecule has 0 spiro atoms. The van der Waals surface area contributed by atoms with Gasteiger partial charge in [0.2, 0.25) is 0 Å². The Hall–Kier alpha value is -1.71. The van der Waals surface area contributed by atoms with Gasteiger partial charge in [0.05, 0.1) is 5.56 Å². The number of carbonyl (C=O) groups is 1. The van der Waals surface area contributed by atoms with Crippen LogP contribution in [0.25, 0.3) is 0 Å². The lowest BCUT2D eigenvalue weighted by Gasteiger charge is -2.14. The second-order valence-electron chi connectivity index (χ2n) is 4.23. The largest absolute Gasteiger partial charge is 0.478 e. The van der Waals surface area contributed by atoms with E-state index in [2.05, 4.69) is 5.32 Å². The number of hydrogen-bond acceptors (Lipinski definition) is 3. The molecule has 86 valence electrons. The molecule has 0 aromatic heterocycles. The topological polar surface area (TPSA) is 75.3 Å². The van der Waals surface area contributed by atoms with Crippen LogP contribution in [-0.2, 0) is 0 Å². The lowest BCUT2D eigenvalue weighted by Crippen LogP contribution is -2.15. The average molecular weight is 220 g/mol. The molecule has 0 amide bonds. The Morgan fingerprint density at radius 2 is 2.06 bits per heavy atom. The van der Waals surface area contributed by atoms with Gasteiger partial charge >= 0.3 is 5.97 Å². The molecule has 1 aromatic rings. The van der Waals surface area contributed by atoms with Crippen molar-refractivity contribution in [1.82, 2.24) is 0 Å². The van der Waals surface area contributed by atoms with E-state index in [4.69, 9.17) is 10.8 Å². The standard InChI is InChI=1S/C12H16N2O2/c13-11-7-9(5-6-10(11)12(15)16)14-8-3-1-2-4-8/h5-8,14H,1-4,13H2,(H,15,16). The molecule has 0 radical (unpaired) electrons. The van der Waals surface area contributed by atoms with Gasteiger partial charge in [0.1, 0.15) is 0 Å². The van der Waals surface area contributed by atoms with Crippen molar-refractivity contribution in [2.45, 2.75) is 31.7 Å². The minimum absolute atomic E-state index is 0.164. The van der Waals surface area contributed by atoms with Crippen molar-refractivity contribution in [1.29, 1.82) is 0 Å². The van der Waals surface area contributed by atoms with Crippen LogP contribution < -0.4 is 11.1 Å². The van der Waals surface area contributed by atoms with E-state index in [1.165, 1.54) is 25.7 Å². The molecular formula is C12H16N2O2. The molecule has 16 heavy (non-hydrogen) atoms. The monoisotopic (exact) mass is 220 g/mol. The Bertz CT molecular complexity index is 398. The van der Waals surface area contributed by atoms with E-state index < -0.39 is 5.97 Å². The fourth-order valence-electron chi connectivity index (χ4n) is 2.15. The lowest BCUT2D eigenvalue weighted by molar-refractivity contribution is 0.0698. The van der Waals surface area contributed by atoms with Crippen molar-refractivity contribution in [3.05, 3.63) is 23.8 Å². The molecule has 1 saturated carbocycles. The molecule has 1 aliphatic carbocycles. The molecule has 0 saturated heterocycles. The zero-order chi connectivity index (χ0) is 11.5. The number of hydrogen-bond donors (Lipinski definition) is 3. The van der Waals surface area contributed by atoms with Gasteiger partial charge in [-0.25, -0.2) is 4.79 Å². The van der Waals surface area contributed by atoms with E-state index in [0.717, 1.165) is 5.69 Å². The Morgan fingerprint density at radius 3 is 2.62 bits per heavy atom. The maximum Gasteiger partial charge on any atom is 0.337 e. The van der Waals surface area contributed by atoms with Gasteiger partial charge in [0.25, 0.3) is 0 Å². The number of anilines is 2. The summed E-state index contributed by atoms with van der Waals surface area (Å²) in [6, 6.07) is 5.53. The number of carboxylic acids is 1. The number of aromatic carboxylic acids is 1. The molecule has 2 rings (SSSR count). The van der Waals surface area contributed by atoms with E-state index in [0.29, 0.717) is 11.7 Å². The van der Waals surface area contributed by atoms with Crippen molar-refractivity contribution >= 4 is 17.3 Å². The van der Waals surface area contributed by atoms with E-state index >= 15 is 0 Å². The van der Waals surface area contributed by atoms with E-state index in [1.54, 1.807) is 18.2 Å². The van der Waals surface area contributed by atoms with Crippen LogP contribution in [0.15, 0.2) is 18.2 Å². The molecule has 0 aliphatic heterocycles. The van der Waals surface area contributed by atoms with Gasteiger partial charge in [0, 0.05) is 17.4 Å². The first kappa shape index (κ1) is 10.8. The second kappa shape index (κ2) is 4.43. The van der Waals surface area contributed by atoms with Crippen molar-refractivity contribution in [2.24, 2.45) is 0 Å². The van der Waals surface area contributed by atoms with Crippen LogP contribution in [0.3, 0.4) is 0 Å². The summed E-state index contributed by atoms with van der Waals surface area (Å²) in [5.74, 6) is -0.982. The summed E-state index contributed by atoms with van der Waals surface area (Å²) in [6.45, 7) is 0. The average Bonchev–Trinajstić information content (AvgIpc) is 2.70. The highest BCUT2D eigenvalue weighted by molar-refractivity contribution is 5.94. The van der Waals surface area contributed by atoms with Crippen LogP contribution in [-0.4, -0.2) is 17.1 Å². The predicted octanol–water partition coefficient (Wildman–Crippen LogP) is 2.32. The van der Waals surface area contributed by atoms with Crippen LogP contribution in [0.2, 0.25) is 0 Å². The highest BCUT2D eigenvalue weighted by Gasteiger charge is 2.15. The summed E-state index contributed by atoms with van der Waals surface area (Å²) in [7, 11) is 0. The minimum atomic E-state index is -0.982. The van der Waals surface area contributed by atoms with Gasteiger partial charge in [-0.1, -0.05) is 12.8 Å². The quantitative estimate of drug-likeness (QED) is 0.683. The van der Waals surface area contributed by atoms with Gasteiger partial charge < -0.3 is 16.2 Å². The van der Waals surface area contributed by atoms with Crippen LogP contribution in [0.4, 0.5) is 11.4 Å². The molecule has 1 aliphatic rings. The molecule has 1 fully saturated rings. The van der Waals surface area contributed by atoms with Crippen LogP contribution in [0, 0.1) is 0 Å². The van der Waals surface area contributed by atoms with Crippen LogP contribution >= 0.6 is 0 Å². The Morgan fingerprint density at radius 1 is 1.38 bits per heavy atom. The van der Waals surface area contributed by atoms with Crippen molar-refractivity contribution < 1.29 is 9.90 Å². The molecular weight excluding hydrogens is 204 g/mol. The van der Waals surface area contributed by atoms with Crippen molar-refractivity contribution in [3.63, 3.8) is 0 Å². The number of benzene rings is 1. The highest BCUT2D eigenvalue weighted by atomic mass is 16.4. The Kier molecular flexibility index (Phi) is 2.99. The zero-order valence-corrected chi connectivity index (χ0v) is 9.07. The third-order valence-corrected chi connectivity index (χ3v) is 3.01. The van der Waals surface area contributed by atoms with Gasteiger partial charge in [-0.15, -0.1) is 0 Å². The molecule has 0 unspecified atom stereocenters. The van der Waals surface area contributed by atoms with Gasteiger partial charge in [-0.2, -0.15) is 0 Å². The number of nitrogen functional groups attached to an aromatic ring is 1. The molecule has 4 nitrogen and oxygen atoms in total. The molecule has 0 bridgehead atoms. The summed E-state index contributed by atoms with van der Waals surface area (Å²) in [5.41, 5.74) is 7.07. The number of carboxylic acid groups (broad SMARTS) is 1. The predicted molar refractivity (Wildman–Crippen MR) is 63.7 cm³/mol. The Labute approximate surface area is 94.5 Å². The maximum atomic E-state index is 10.8. The number of nitrogens with two attached hydrogens (primary N) is 1. The van der Waals surface area contributed by atoms with Crippen molar-refractivity contribution in [2.75, 3.05) is 11.1 Å². The minimum Gasteiger partial charge on any atom is -0.478 e. The first-order chi connectivity index (χ1) is 7.66. The number of rotatable bonds is 3. The van der Waals surface area contributed by atoms with Gasteiger partial charge in [-0.3, -0.25) is 0 Å². The molecule has 4 heteroatoms. The maximum absolute atomic E-state index is 10.8. The first-order valence-corrected chi connectivity index (χ1v) is 5.56. The van der Waals surface area contributed by atoms with Gasteiger partial charge in [0.15, 0.2) is 0 Å². The van der Waals surface area contributed by atoms with E-state index in [-0.39, 0.29) is 5.56 Å². The molecule has 0 heterocycles. The summed E-state index contributed by atoms with van der Waals surface area (Å²) in [4.78, 5) is 10.8. The van der Waals surface area contributed by atoms with Crippen molar-refractivity contribution in [3.8, 4) is 0 Å². The smallest absolute Gasteiger partial charge is 0.337 e. The summed E-state index contributed by atoms with van der Waals surface area (Å²) in [5, 5.41) is 12.2. The van der Waals surface area contributed by atoms with E-state index in [1.807, 2.05) is 0 Å². The number of nitrogens with one attached hydrogen (secondary N) is 1. The molecule has 1 aromatic carbocycles. The molecule has 4 N–H and O–H groups in total. The summed E-state index contributed by atoms with van der Waals surface area (Å²) >= 11 is 0. The fourth-order valence-corrected chi connectivity index (χ4v) is 2.15. The van der Waals surface area contributed by atoms with Crippen LogP contribution in [0.5, 0.6) is 0 Å². The first-order valence-electron chi connectivity index (χ1n) is 5.56. The third-order valence-electron chi connectivity index (χ3n) is 3.01.